The van der Waals surface area contributed by atoms with Crippen LogP contribution in [-0.2, 0) is 4.79 Å². The molecular formula is C22H26N4O2. The van der Waals surface area contributed by atoms with Crippen molar-refractivity contribution in [3.63, 3.8) is 0 Å². The topological polar surface area (TPSA) is 87.1 Å². The number of dihydropyridines is 1. The predicted molar refractivity (Wildman–Crippen MR) is 110 cm³/mol. The Kier molecular flexibility index (Phi) is 4.67. The molecule has 1 atom stereocenters. The normalized spacial score (nSPS) is 19.6. The molecule has 4 rings (SSSR count). The number of aromatic nitrogens is 2. The van der Waals surface area contributed by atoms with Crippen molar-refractivity contribution in [3.8, 4) is 0 Å². The monoisotopic (exact) mass is 378 g/mol. The molecule has 1 amide bonds. The Hall–Kier alpha value is -2.73. The van der Waals surface area contributed by atoms with Crippen LogP contribution in [0.2, 0.25) is 0 Å². The molecule has 2 aromatic rings. The number of fused-ring (bicyclic) bond motifs is 1. The number of amides is 1. The highest BCUT2D eigenvalue weighted by atomic mass is 16.3. The molecule has 0 spiro atoms. The molecule has 3 heterocycles. The molecule has 0 bridgehead atoms. The molecule has 3 N–H and O–H groups in total. The molecule has 6 heteroatoms. The summed E-state index contributed by atoms with van der Waals surface area (Å²) in [5, 5.41) is 18.2. The van der Waals surface area contributed by atoms with E-state index in [4.69, 9.17) is 0 Å². The summed E-state index contributed by atoms with van der Waals surface area (Å²) in [5.41, 5.74) is 2.30. The summed E-state index contributed by atoms with van der Waals surface area (Å²) < 4.78 is 0. The van der Waals surface area contributed by atoms with Gasteiger partial charge in [-0.3, -0.25) is 9.78 Å². The summed E-state index contributed by atoms with van der Waals surface area (Å²) in [6, 6.07) is 3.97. The lowest BCUT2D eigenvalue weighted by Crippen LogP contribution is -2.34. The molecule has 1 saturated carbocycles. The molecule has 6 nitrogen and oxygen atoms in total. The van der Waals surface area contributed by atoms with E-state index >= 15 is 0 Å². The van der Waals surface area contributed by atoms with E-state index in [-0.39, 0.29) is 17.9 Å². The van der Waals surface area contributed by atoms with Crippen molar-refractivity contribution in [3.05, 3.63) is 48.1 Å². The van der Waals surface area contributed by atoms with Gasteiger partial charge < -0.3 is 15.7 Å². The zero-order chi connectivity index (χ0) is 19.9. The Labute approximate surface area is 164 Å². The maximum absolute atomic E-state index is 11.9. The summed E-state index contributed by atoms with van der Waals surface area (Å²) in [6.07, 6.45) is 10.3. The number of allylic oxidation sites excluding steroid dienone is 2. The van der Waals surface area contributed by atoms with Crippen LogP contribution in [0.25, 0.3) is 16.3 Å². The van der Waals surface area contributed by atoms with E-state index < -0.39 is 5.60 Å². The van der Waals surface area contributed by atoms with E-state index in [0.29, 0.717) is 12.2 Å². The van der Waals surface area contributed by atoms with E-state index in [2.05, 4.69) is 33.6 Å². The smallest absolute Gasteiger partial charge is 0.228 e. The van der Waals surface area contributed by atoms with E-state index in [1.165, 1.54) is 0 Å². The molecule has 1 aliphatic heterocycles. The molecule has 2 aliphatic rings. The number of carbonyl (C=O) groups excluding carboxylic acids is 1. The van der Waals surface area contributed by atoms with Crippen molar-refractivity contribution in [2.24, 2.45) is 5.92 Å². The number of nitrogens with one attached hydrogen (secondary N) is 2. The van der Waals surface area contributed by atoms with Crippen LogP contribution in [0.4, 0.5) is 5.82 Å². The highest BCUT2D eigenvalue weighted by molar-refractivity contribution is 5.95. The Bertz CT molecular complexity index is 984. The third-order valence-corrected chi connectivity index (χ3v) is 5.12. The minimum absolute atomic E-state index is 0.0521. The van der Waals surface area contributed by atoms with Crippen LogP contribution in [0.5, 0.6) is 0 Å². The Balaban J connectivity index is 1.53. The lowest BCUT2D eigenvalue weighted by Gasteiger charge is -2.27. The van der Waals surface area contributed by atoms with Crippen LogP contribution in [-0.4, -0.2) is 32.6 Å². The Morgan fingerprint density at radius 1 is 1.25 bits per heavy atom. The number of hydrogen-bond acceptors (Lipinski definition) is 5. The first kappa shape index (κ1) is 18.6. The van der Waals surface area contributed by atoms with Crippen molar-refractivity contribution in [2.75, 3.05) is 5.32 Å². The quantitative estimate of drug-likeness (QED) is 0.742. The summed E-state index contributed by atoms with van der Waals surface area (Å²) in [5.74, 6) is 0.776. The maximum atomic E-state index is 11.9. The summed E-state index contributed by atoms with van der Waals surface area (Å²) in [7, 11) is 0. The van der Waals surface area contributed by atoms with Crippen molar-refractivity contribution < 1.29 is 9.90 Å². The van der Waals surface area contributed by atoms with Crippen molar-refractivity contribution in [1.29, 1.82) is 0 Å². The highest BCUT2D eigenvalue weighted by Gasteiger charge is 2.29. The molecule has 1 aliphatic carbocycles. The largest absolute Gasteiger partial charge is 0.390 e. The summed E-state index contributed by atoms with van der Waals surface area (Å²) >= 11 is 0. The number of aliphatic hydroxyl groups is 1. The van der Waals surface area contributed by atoms with Gasteiger partial charge in [0.1, 0.15) is 5.82 Å². The number of carbonyl (C=O) groups is 1. The fourth-order valence-corrected chi connectivity index (χ4v) is 3.50. The highest BCUT2D eigenvalue weighted by Crippen LogP contribution is 2.31. The van der Waals surface area contributed by atoms with Crippen molar-refractivity contribution in [1.82, 2.24) is 15.3 Å². The molecule has 0 aromatic carbocycles. The standard InChI is InChI=1S/C22H26N4O2/c1-13-6-17(9-22(2,3)28)23-12-18(13)19-7-15-11-25-20(8-16(15)10-24-19)26-21(27)14-4-5-14/h6-8,10-12,14,17,23,28H,4-5,9H2,1-3H3,(H,25,26,27). The van der Waals surface area contributed by atoms with Gasteiger partial charge in [0.2, 0.25) is 5.91 Å². The van der Waals surface area contributed by atoms with Gasteiger partial charge in [0, 0.05) is 46.9 Å². The van der Waals surface area contributed by atoms with Crippen LogP contribution < -0.4 is 10.6 Å². The van der Waals surface area contributed by atoms with Gasteiger partial charge in [-0.15, -0.1) is 0 Å². The second-order valence-corrected chi connectivity index (χ2v) is 8.45. The van der Waals surface area contributed by atoms with Crippen LogP contribution >= 0.6 is 0 Å². The van der Waals surface area contributed by atoms with Gasteiger partial charge in [-0.1, -0.05) is 6.08 Å². The second-order valence-electron chi connectivity index (χ2n) is 8.45. The average Bonchev–Trinajstić information content (AvgIpc) is 3.45. The number of hydrogen-bond donors (Lipinski definition) is 3. The van der Waals surface area contributed by atoms with E-state index in [1.54, 1.807) is 6.20 Å². The van der Waals surface area contributed by atoms with Crippen LogP contribution in [0.1, 0.15) is 45.7 Å². The second kappa shape index (κ2) is 7.02. The number of pyridine rings is 2. The third-order valence-electron chi connectivity index (χ3n) is 5.12. The first-order chi connectivity index (χ1) is 13.3. The van der Waals surface area contributed by atoms with Gasteiger partial charge in [0.05, 0.1) is 11.3 Å². The van der Waals surface area contributed by atoms with E-state index in [9.17, 15) is 9.90 Å². The van der Waals surface area contributed by atoms with Crippen molar-refractivity contribution in [2.45, 2.75) is 51.7 Å². The summed E-state index contributed by atoms with van der Waals surface area (Å²) in [6.45, 7) is 5.69. The molecule has 0 radical (unpaired) electrons. The third kappa shape index (κ3) is 4.22. The Morgan fingerprint density at radius 2 is 1.96 bits per heavy atom. The lowest BCUT2D eigenvalue weighted by molar-refractivity contribution is -0.117. The van der Waals surface area contributed by atoms with Crippen molar-refractivity contribution >= 4 is 28.1 Å². The number of anilines is 1. The predicted octanol–water partition coefficient (Wildman–Crippen LogP) is 3.40. The zero-order valence-electron chi connectivity index (χ0n) is 16.5. The van der Waals surface area contributed by atoms with E-state index in [0.717, 1.165) is 40.5 Å². The molecule has 28 heavy (non-hydrogen) atoms. The first-order valence-corrected chi connectivity index (χ1v) is 9.73. The molecule has 2 aromatic heterocycles. The average molecular weight is 378 g/mol. The maximum Gasteiger partial charge on any atom is 0.228 e. The lowest BCUT2D eigenvalue weighted by atomic mass is 9.92. The zero-order valence-corrected chi connectivity index (χ0v) is 16.5. The minimum atomic E-state index is -0.723. The number of nitrogens with zero attached hydrogens (tertiary/aromatic N) is 2. The van der Waals surface area contributed by atoms with Crippen LogP contribution in [0.3, 0.4) is 0 Å². The van der Waals surface area contributed by atoms with Gasteiger partial charge in [-0.2, -0.15) is 0 Å². The van der Waals surface area contributed by atoms with E-state index in [1.807, 2.05) is 38.4 Å². The molecular weight excluding hydrogens is 352 g/mol. The molecule has 146 valence electrons. The molecule has 0 saturated heterocycles. The SMILES string of the molecule is CC1=CC(CC(C)(C)O)NC=C1c1cc2cnc(NC(=O)C3CC3)cc2cn1. The number of rotatable bonds is 5. The van der Waals surface area contributed by atoms with Gasteiger partial charge in [0.25, 0.3) is 0 Å². The fraction of sp³-hybridized carbons (Fsp3) is 0.409. The van der Waals surface area contributed by atoms with Crippen LogP contribution in [0, 0.1) is 5.92 Å². The summed E-state index contributed by atoms with van der Waals surface area (Å²) in [4.78, 5) is 20.9. The molecule has 1 fully saturated rings. The van der Waals surface area contributed by atoms with Gasteiger partial charge >= 0.3 is 0 Å². The van der Waals surface area contributed by atoms with Crippen LogP contribution in [0.15, 0.2) is 42.4 Å². The first-order valence-electron chi connectivity index (χ1n) is 9.73. The fourth-order valence-electron chi connectivity index (χ4n) is 3.50. The van der Waals surface area contributed by atoms with Gasteiger partial charge in [0.15, 0.2) is 0 Å². The minimum Gasteiger partial charge on any atom is -0.390 e. The Morgan fingerprint density at radius 3 is 2.64 bits per heavy atom. The molecule has 1 unspecified atom stereocenters. The van der Waals surface area contributed by atoms with Gasteiger partial charge in [-0.05, 0) is 57.7 Å². The van der Waals surface area contributed by atoms with Gasteiger partial charge in [-0.25, -0.2) is 4.98 Å².